The summed E-state index contributed by atoms with van der Waals surface area (Å²) in [5.74, 6) is 0.113. The van der Waals surface area contributed by atoms with E-state index in [9.17, 15) is 9.59 Å². The van der Waals surface area contributed by atoms with E-state index in [1.54, 1.807) is 17.0 Å². The smallest absolute Gasteiger partial charge is 0.280 e. The number of nitrogens with zero attached hydrogens (tertiary/aromatic N) is 2. The Balaban J connectivity index is 2.27. The van der Waals surface area contributed by atoms with Gasteiger partial charge in [0.25, 0.3) is 5.56 Å². The number of hydrogen-bond donors (Lipinski definition) is 0. The molecular formula is C15H22N2O2. The molecule has 19 heavy (non-hydrogen) atoms. The lowest BCUT2D eigenvalue weighted by Crippen LogP contribution is -2.31. The van der Waals surface area contributed by atoms with Gasteiger partial charge in [0.05, 0.1) is 0 Å². The minimum absolute atomic E-state index is 0.113. The maximum Gasteiger partial charge on any atom is 0.280 e. The first-order chi connectivity index (χ1) is 9.09. The lowest BCUT2D eigenvalue weighted by atomic mass is 9.95. The fourth-order valence-electron chi connectivity index (χ4n) is 2.73. The van der Waals surface area contributed by atoms with Gasteiger partial charge in [-0.1, -0.05) is 33.1 Å². The first-order valence-corrected chi connectivity index (χ1v) is 7.20. The van der Waals surface area contributed by atoms with Crippen molar-refractivity contribution in [3.8, 4) is 0 Å². The lowest BCUT2D eigenvalue weighted by Gasteiger charge is -2.23. The Kier molecular flexibility index (Phi) is 4.51. The molecule has 0 unspecified atom stereocenters. The first kappa shape index (κ1) is 14.0. The van der Waals surface area contributed by atoms with Crippen LogP contribution in [0.1, 0.15) is 68.9 Å². The fourth-order valence-corrected chi connectivity index (χ4v) is 2.73. The summed E-state index contributed by atoms with van der Waals surface area (Å²) in [6.07, 6.45) is 9.33. The van der Waals surface area contributed by atoms with Gasteiger partial charge in [0.15, 0.2) is 11.5 Å². The highest BCUT2D eigenvalue weighted by Gasteiger charge is 2.20. The molecule has 1 aromatic heterocycles. The number of carbonyl (C=O) groups excluding carboxylic acids is 1. The predicted molar refractivity (Wildman–Crippen MR) is 74.4 cm³/mol. The molecule has 0 saturated heterocycles. The molecule has 4 heteroatoms. The second-order valence-electron chi connectivity index (χ2n) is 5.80. The largest absolute Gasteiger partial charge is 0.309 e. The van der Waals surface area contributed by atoms with Crippen molar-refractivity contribution in [2.45, 2.75) is 58.4 Å². The molecule has 0 amide bonds. The number of Topliss-reactive ketones (excluding diaryl/α,β-unsaturated/α-hetero) is 1. The second kappa shape index (κ2) is 6.13. The summed E-state index contributed by atoms with van der Waals surface area (Å²) in [5.41, 5.74) is -0.0955. The quantitative estimate of drug-likeness (QED) is 0.784. The van der Waals surface area contributed by atoms with Crippen LogP contribution in [0.3, 0.4) is 0 Å². The molecule has 1 saturated carbocycles. The van der Waals surface area contributed by atoms with E-state index in [1.807, 2.05) is 13.8 Å². The van der Waals surface area contributed by atoms with Gasteiger partial charge in [-0.05, 0) is 18.8 Å². The van der Waals surface area contributed by atoms with E-state index < -0.39 is 0 Å². The molecule has 2 rings (SSSR count). The molecule has 1 aromatic rings. The molecule has 0 N–H and O–H groups in total. The van der Waals surface area contributed by atoms with Gasteiger partial charge >= 0.3 is 0 Å². The third-order valence-electron chi connectivity index (χ3n) is 3.69. The van der Waals surface area contributed by atoms with Gasteiger partial charge in [0.2, 0.25) is 0 Å². The summed E-state index contributed by atoms with van der Waals surface area (Å²) in [6, 6.07) is 0.245. The van der Waals surface area contributed by atoms with E-state index in [0.717, 1.165) is 25.7 Å². The van der Waals surface area contributed by atoms with Crippen LogP contribution in [0.15, 0.2) is 17.2 Å². The van der Waals surface area contributed by atoms with Gasteiger partial charge in [0, 0.05) is 24.9 Å². The molecular weight excluding hydrogens is 240 g/mol. The minimum atomic E-state index is -0.208. The SMILES string of the molecule is CC(C)CC(=O)c1nccn(C2CCCCC2)c1=O. The summed E-state index contributed by atoms with van der Waals surface area (Å²) in [7, 11) is 0. The molecule has 0 aromatic carbocycles. The van der Waals surface area contributed by atoms with E-state index in [2.05, 4.69) is 4.98 Å². The summed E-state index contributed by atoms with van der Waals surface area (Å²) in [6.45, 7) is 3.95. The van der Waals surface area contributed by atoms with E-state index in [1.165, 1.54) is 6.42 Å². The molecule has 0 bridgehead atoms. The van der Waals surface area contributed by atoms with Gasteiger partial charge in [-0.25, -0.2) is 4.98 Å². The number of rotatable bonds is 4. The van der Waals surface area contributed by atoms with Crippen molar-refractivity contribution in [1.82, 2.24) is 9.55 Å². The maximum atomic E-state index is 12.4. The predicted octanol–water partition coefficient (Wildman–Crippen LogP) is 2.98. The fraction of sp³-hybridized carbons (Fsp3) is 0.667. The van der Waals surface area contributed by atoms with Crippen molar-refractivity contribution in [2.75, 3.05) is 0 Å². The molecule has 1 heterocycles. The molecule has 0 atom stereocenters. The van der Waals surface area contributed by atoms with Crippen molar-refractivity contribution in [3.63, 3.8) is 0 Å². The van der Waals surface area contributed by atoms with Crippen LogP contribution in [-0.4, -0.2) is 15.3 Å². The van der Waals surface area contributed by atoms with Crippen LogP contribution in [0.5, 0.6) is 0 Å². The highest BCUT2D eigenvalue weighted by Crippen LogP contribution is 2.26. The molecule has 0 radical (unpaired) electrons. The standard InChI is InChI=1S/C15H22N2O2/c1-11(2)10-13(18)14-15(19)17(9-8-16-14)12-6-4-3-5-7-12/h8-9,11-12H,3-7,10H2,1-2H3. The second-order valence-corrected chi connectivity index (χ2v) is 5.80. The van der Waals surface area contributed by atoms with Gasteiger partial charge in [-0.15, -0.1) is 0 Å². The van der Waals surface area contributed by atoms with Crippen molar-refractivity contribution < 1.29 is 4.79 Å². The number of ketones is 1. The van der Waals surface area contributed by atoms with Crippen LogP contribution in [0, 0.1) is 5.92 Å². The summed E-state index contributed by atoms with van der Waals surface area (Å²) in [4.78, 5) is 28.4. The summed E-state index contributed by atoms with van der Waals surface area (Å²) < 4.78 is 1.72. The van der Waals surface area contributed by atoms with Crippen LogP contribution < -0.4 is 5.56 Å². The van der Waals surface area contributed by atoms with Gasteiger partial charge in [-0.3, -0.25) is 9.59 Å². The minimum Gasteiger partial charge on any atom is -0.309 e. The molecule has 4 nitrogen and oxygen atoms in total. The molecule has 104 valence electrons. The molecule has 1 aliphatic rings. The average molecular weight is 262 g/mol. The van der Waals surface area contributed by atoms with Crippen molar-refractivity contribution >= 4 is 5.78 Å². The Morgan fingerprint density at radius 3 is 2.68 bits per heavy atom. The normalized spacial score (nSPS) is 16.8. The Morgan fingerprint density at radius 1 is 1.37 bits per heavy atom. The Bertz CT molecular complexity index is 499. The van der Waals surface area contributed by atoms with Gasteiger partial charge in [-0.2, -0.15) is 0 Å². The van der Waals surface area contributed by atoms with Crippen molar-refractivity contribution in [3.05, 3.63) is 28.4 Å². The van der Waals surface area contributed by atoms with E-state index in [0.29, 0.717) is 6.42 Å². The number of hydrogen-bond acceptors (Lipinski definition) is 3. The van der Waals surface area contributed by atoms with Gasteiger partial charge < -0.3 is 4.57 Å². The van der Waals surface area contributed by atoms with Crippen molar-refractivity contribution in [2.24, 2.45) is 5.92 Å². The van der Waals surface area contributed by atoms with Crippen LogP contribution in [0.25, 0.3) is 0 Å². The molecule has 0 aliphatic heterocycles. The van der Waals surface area contributed by atoms with Crippen LogP contribution in [0.2, 0.25) is 0 Å². The van der Waals surface area contributed by atoms with E-state index in [4.69, 9.17) is 0 Å². The van der Waals surface area contributed by atoms with Crippen LogP contribution in [-0.2, 0) is 0 Å². The zero-order chi connectivity index (χ0) is 13.8. The van der Waals surface area contributed by atoms with Crippen LogP contribution in [0.4, 0.5) is 0 Å². The van der Waals surface area contributed by atoms with E-state index >= 15 is 0 Å². The monoisotopic (exact) mass is 262 g/mol. The number of aromatic nitrogens is 2. The zero-order valence-electron chi connectivity index (χ0n) is 11.8. The molecule has 1 aliphatic carbocycles. The highest BCUT2D eigenvalue weighted by atomic mass is 16.1. The summed E-state index contributed by atoms with van der Waals surface area (Å²) >= 11 is 0. The third-order valence-corrected chi connectivity index (χ3v) is 3.69. The zero-order valence-corrected chi connectivity index (χ0v) is 11.8. The summed E-state index contributed by atoms with van der Waals surface area (Å²) in [5, 5.41) is 0. The topological polar surface area (TPSA) is 52.0 Å². The number of carbonyl (C=O) groups is 1. The Morgan fingerprint density at radius 2 is 2.05 bits per heavy atom. The highest BCUT2D eigenvalue weighted by molar-refractivity contribution is 5.93. The van der Waals surface area contributed by atoms with E-state index in [-0.39, 0.29) is 29.0 Å². The first-order valence-electron chi connectivity index (χ1n) is 7.20. The third kappa shape index (κ3) is 3.31. The Hall–Kier alpha value is -1.45. The molecule has 0 spiro atoms. The van der Waals surface area contributed by atoms with Crippen molar-refractivity contribution in [1.29, 1.82) is 0 Å². The maximum absolute atomic E-state index is 12.4. The van der Waals surface area contributed by atoms with Crippen LogP contribution >= 0.6 is 0 Å². The van der Waals surface area contributed by atoms with Gasteiger partial charge in [0.1, 0.15) is 0 Å². The molecule has 1 fully saturated rings. The Labute approximate surface area is 113 Å². The lowest BCUT2D eigenvalue weighted by molar-refractivity contribution is 0.0960. The average Bonchev–Trinajstić information content (AvgIpc) is 2.39.